The Morgan fingerprint density at radius 2 is 1.78 bits per heavy atom. The van der Waals surface area contributed by atoms with Crippen LogP contribution in [0.1, 0.15) is 35.6 Å². The summed E-state index contributed by atoms with van der Waals surface area (Å²) in [7, 11) is 0. The average Bonchev–Trinajstić information content (AvgIpc) is 3.00. The minimum absolute atomic E-state index is 0.0516. The number of carbonyl (C=O) groups is 1. The van der Waals surface area contributed by atoms with Crippen LogP contribution in [-0.4, -0.2) is 16.7 Å². The Morgan fingerprint density at radius 1 is 1.11 bits per heavy atom. The monoisotopic (exact) mass is 417 g/mol. The molecule has 1 fully saturated rings. The molecule has 0 bridgehead atoms. The van der Waals surface area contributed by atoms with Crippen molar-refractivity contribution in [3.8, 4) is 12.1 Å². The topological polar surface area (TPSA) is 67.9 Å². The van der Waals surface area contributed by atoms with Gasteiger partial charge in [-0.1, -0.05) is 52.3 Å². The van der Waals surface area contributed by atoms with E-state index in [2.05, 4.69) is 28.1 Å². The van der Waals surface area contributed by atoms with Gasteiger partial charge in [0.2, 0.25) is 0 Å². The molecule has 5 heteroatoms. The molecule has 2 heterocycles. The first-order valence-electron chi connectivity index (χ1n) is 8.66. The number of nitrogens with zero attached hydrogens (tertiary/aromatic N) is 3. The minimum atomic E-state index is -1.37. The first-order valence-corrected chi connectivity index (χ1v) is 9.46. The van der Waals surface area contributed by atoms with Gasteiger partial charge in [0.15, 0.2) is 11.2 Å². The van der Waals surface area contributed by atoms with Crippen LogP contribution in [0.4, 0.5) is 0 Å². The molecule has 4 nitrogen and oxygen atoms in total. The van der Waals surface area contributed by atoms with Gasteiger partial charge in [-0.05, 0) is 41.8 Å². The van der Waals surface area contributed by atoms with Gasteiger partial charge in [0, 0.05) is 16.6 Å². The summed E-state index contributed by atoms with van der Waals surface area (Å²) in [6, 6.07) is 18.9. The number of Topliss-reactive ketones (excluding diaryl/α,β-unsaturated/α-hetero) is 1. The summed E-state index contributed by atoms with van der Waals surface area (Å²) >= 11 is 3.42. The molecule has 2 aliphatic rings. The van der Waals surface area contributed by atoms with Crippen LogP contribution in [-0.2, 0) is 4.79 Å². The number of nitriles is 2. The van der Waals surface area contributed by atoms with Crippen LogP contribution in [0.25, 0.3) is 6.08 Å². The van der Waals surface area contributed by atoms with Gasteiger partial charge in [-0.15, -0.1) is 0 Å². The summed E-state index contributed by atoms with van der Waals surface area (Å²) in [4.78, 5) is 14.6. The zero-order valence-corrected chi connectivity index (χ0v) is 16.2. The number of halogens is 1. The second kappa shape index (κ2) is 6.37. The number of carbonyl (C=O) groups excluding carboxylic acids is 1. The van der Waals surface area contributed by atoms with Gasteiger partial charge in [0.05, 0.1) is 24.2 Å². The van der Waals surface area contributed by atoms with Crippen molar-refractivity contribution in [3.63, 3.8) is 0 Å². The Kier molecular flexibility index (Phi) is 4.13. The first-order chi connectivity index (χ1) is 13.0. The zero-order valence-electron chi connectivity index (χ0n) is 14.6. The summed E-state index contributed by atoms with van der Waals surface area (Å²) in [5.74, 6) is -0.594. The van der Waals surface area contributed by atoms with Crippen molar-refractivity contribution >= 4 is 27.8 Å². The molecule has 27 heavy (non-hydrogen) atoms. The highest BCUT2D eigenvalue weighted by molar-refractivity contribution is 9.10. The Bertz CT molecular complexity index is 1010. The number of benzene rings is 2. The van der Waals surface area contributed by atoms with Gasteiger partial charge in [-0.2, -0.15) is 10.5 Å². The van der Waals surface area contributed by atoms with Gasteiger partial charge in [-0.3, -0.25) is 4.79 Å². The third-order valence-electron chi connectivity index (χ3n) is 5.59. The summed E-state index contributed by atoms with van der Waals surface area (Å²) in [6.07, 6.45) is 3.81. The largest absolute Gasteiger partial charge is 0.357 e. The van der Waals surface area contributed by atoms with E-state index in [0.29, 0.717) is 0 Å². The zero-order chi connectivity index (χ0) is 19.2. The van der Waals surface area contributed by atoms with E-state index in [4.69, 9.17) is 0 Å². The van der Waals surface area contributed by atoms with E-state index in [-0.39, 0.29) is 5.78 Å². The van der Waals surface area contributed by atoms with Crippen molar-refractivity contribution in [2.24, 2.45) is 5.41 Å². The minimum Gasteiger partial charge on any atom is -0.357 e. The average molecular weight is 418 g/mol. The van der Waals surface area contributed by atoms with Crippen LogP contribution in [0.15, 0.2) is 59.2 Å². The Labute approximate surface area is 166 Å². The van der Waals surface area contributed by atoms with Crippen molar-refractivity contribution in [3.05, 3.63) is 75.9 Å². The molecule has 0 amide bonds. The fraction of sp³-hybridized carbons (Fsp3) is 0.227. The SMILES string of the molecule is CC(=O)[C@@H]1[C@H](c2ccc(Br)cc2)C(C#N)(C#N)[C@H]2c3ccccc3C=CN12. The number of rotatable bonds is 2. The second-order valence-electron chi connectivity index (χ2n) is 6.97. The predicted molar refractivity (Wildman–Crippen MR) is 105 cm³/mol. The lowest BCUT2D eigenvalue weighted by molar-refractivity contribution is -0.121. The fourth-order valence-corrected chi connectivity index (χ4v) is 4.76. The maximum Gasteiger partial charge on any atom is 0.177 e. The van der Waals surface area contributed by atoms with E-state index in [9.17, 15) is 15.3 Å². The van der Waals surface area contributed by atoms with Crippen molar-refractivity contribution in [1.29, 1.82) is 10.5 Å². The molecular formula is C22H16BrN3O. The lowest BCUT2D eigenvalue weighted by atomic mass is 9.68. The Morgan fingerprint density at radius 3 is 2.41 bits per heavy atom. The van der Waals surface area contributed by atoms with E-state index in [1.807, 2.05) is 65.7 Å². The van der Waals surface area contributed by atoms with Gasteiger partial charge in [0.25, 0.3) is 0 Å². The number of hydrogen-bond acceptors (Lipinski definition) is 4. The lowest BCUT2D eigenvalue weighted by Crippen LogP contribution is -2.36. The quantitative estimate of drug-likeness (QED) is 0.717. The molecule has 2 aromatic carbocycles. The normalized spacial score (nSPS) is 24.4. The molecule has 0 saturated carbocycles. The summed E-state index contributed by atoms with van der Waals surface area (Å²) < 4.78 is 0.908. The summed E-state index contributed by atoms with van der Waals surface area (Å²) in [6.45, 7) is 1.53. The fourth-order valence-electron chi connectivity index (χ4n) is 4.50. The maximum atomic E-state index is 12.7. The van der Waals surface area contributed by atoms with Gasteiger partial charge >= 0.3 is 0 Å². The Hall–Kier alpha value is -2.89. The first kappa shape index (κ1) is 17.5. The van der Waals surface area contributed by atoms with Crippen molar-refractivity contribution in [2.75, 3.05) is 0 Å². The van der Waals surface area contributed by atoms with E-state index < -0.39 is 23.4 Å². The number of hydrogen-bond donors (Lipinski definition) is 0. The van der Waals surface area contributed by atoms with Gasteiger partial charge in [-0.25, -0.2) is 0 Å². The van der Waals surface area contributed by atoms with Gasteiger partial charge in [0.1, 0.15) is 0 Å². The van der Waals surface area contributed by atoms with Crippen LogP contribution in [0.2, 0.25) is 0 Å². The third-order valence-corrected chi connectivity index (χ3v) is 6.12. The molecule has 0 radical (unpaired) electrons. The molecule has 3 atom stereocenters. The molecule has 2 aliphatic heterocycles. The Balaban J connectivity index is 2.00. The molecule has 0 aliphatic carbocycles. The lowest BCUT2D eigenvalue weighted by Gasteiger charge is -2.34. The molecule has 0 aromatic heterocycles. The van der Waals surface area contributed by atoms with Gasteiger partial charge < -0.3 is 4.90 Å². The van der Waals surface area contributed by atoms with Crippen molar-refractivity contribution < 1.29 is 4.79 Å². The smallest absolute Gasteiger partial charge is 0.177 e. The number of ketones is 1. The van der Waals surface area contributed by atoms with E-state index in [1.165, 1.54) is 6.92 Å². The molecular weight excluding hydrogens is 402 g/mol. The molecule has 132 valence electrons. The molecule has 0 N–H and O–H groups in total. The summed E-state index contributed by atoms with van der Waals surface area (Å²) in [5.41, 5.74) is 1.34. The van der Waals surface area contributed by atoms with E-state index >= 15 is 0 Å². The highest BCUT2D eigenvalue weighted by Crippen LogP contribution is 2.59. The molecule has 1 saturated heterocycles. The van der Waals surface area contributed by atoms with E-state index in [0.717, 1.165) is 21.2 Å². The van der Waals surface area contributed by atoms with Crippen LogP contribution >= 0.6 is 15.9 Å². The molecule has 4 rings (SSSR count). The third kappa shape index (κ3) is 2.43. The van der Waals surface area contributed by atoms with Crippen molar-refractivity contribution in [1.82, 2.24) is 4.90 Å². The summed E-state index contributed by atoms with van der Waals surface area (Å²) in [5, 5.41) is 20.4. The van der Waals surface area contributed by atoms with Crippen LogP contribution in [0, 0.1) is 28.1 Å². The second-order valence-corrected chi connectivity index (χ2v) is 7.89. The standard InChI is InChI=1S/C22H16BrN3O/c1-14(27)20-19(16-6-8-17(23)9-7-16)22(12-24,13-25)21-18-5-3-2-4-15(18)10-11-26(20)21/h2-11,19-21H,1H3/t19-,20+,21+/m0/s1. The molecule has 2 aromatic rings. The highest BCUT2D eigenvalue weighted by Gasteiger charge is 2.63. The van der Waals surface area contributed by atoms with Crippen molar-refractivity contribution in [2.45, 2.75) is 24.9 Å². The number of fused-ring (bicyclic) bond motifs is 3. The van der Waals surface area contributed by atoms with Crippen LogP contribution < -0.4 is 0 Å². The maximum absolute atomic E-state index is 12.7. The predicted octanol–water partition coefficient (Wildman–Crippen LogP) is 4.57. The van der Waals surface area contributed by atoms with Crippen LogP contribution in [0.5, 0.6) is 0 Å². The van der Waals surface area contributed by atoms with E-state index in [1.54, 1.807) is 0 Å². The van der Waals surface area contributed by atoms with Crippen LogP contribution in [0.3, 0.4) is 0 Å². The highest BCUT2D eigenvalue weighted by atomic mass is 79.9. The molecule has 0 spiro atoms. The molecule has 0 unspecified atom stereocenters.